The van der Waals surface area contributed by atoms with Crippen molar-refractivity contribution in [3.8, 4) is 0 Å². The van der Waals surface area contributed by atoms with E-state index in [-0.39, 0.29) is 11.7 Å². The molecular weight excluding hydrogens is 357 g/mol. The number of pyridine rings is 1. The molecule has 0 aliphatic rings. The first-order valence-corrected chi connectivity index (χ1v) is 9.17. The van der Waals surface area contributed by atoms with E-state index >= 15 is 0 Å². The molecule has 1 heterocycles. The third-order valence-corrected chi connectivity index (χ3v) is 4.42. The second-order valence-corrected chi connectivity index (χ2v) is 6.69. The molecule has 0 radical (unpaired) electrons. The lowest BCUT2D eigenvalue weighted by Crippen LogP contribution is -2.27. The maximum absolute atomic E-state index is 14.0. The molecule has 3 aromatic rings. The van der Waals surface area contributed by atoms with Crippen LogP contribution in [0.5, 0.6) is 0 Å². The number of hydrogen-bond acceptors (Lipinski definition) is 4. The summed E-state index contributed by atoms with van der Waals surface area (Å²) < 4.78 is 19.2. The number of aromatic nitrogens is 1. The highest BCUT2D eigenvalue weighted by Gasteiger charge is 2.11. The molecule has 0 fully saturated rings. The van der Waals surface area contributed by atoms with E-state index in [0.717, 1.165) is 22.3 Å². The van der Waals surface area contributed by atoms with Crippen molar-refractivity contribution in [1.82, 2.24) is 9.88 Å². The molecule has 0 unspecified atom stereocenters. The van der Waals surface area contributed by atoms with Gasteiger partial charge in [0.15, 0.2) is 0 Å². The second-order valence-electron chi connectivity index (χ2n) is 6.69. The smallest absolute Gasteiger partial charge is 0.221 e. The summed E-state index contributed by atoms with van der Waals surface area (Å²) in [5.74, 6) is -0.312. The number of nitrogens with one attached hydrogen (secondary N) is 1. The molecule has 0 saturated carbocycles. The van der Waals surface area contributed by atoms with Crippen molar-refractivity contribution in [2.75, 3.05) is 25.6 Å². The van der Waals surface area contributed by atoms with Gasteiger partial charge in [-0.25, -0.2) is 4.39 Å². The van der Waals surface area contributed by atoms with Crippen molar-refractivity contribution in [1.29, 1.82) is 0 Å². The summed E-state index contributed by atoms with van der Waals surface area (Å²) in [5.41, 5.74) is 3.14. The Morgan fingerprint density at radius 2 is 1.96 bits per heavy atom. The van der Waals surface area contributed by atoms with Crippen LogP contribution in [0.4, 0.5) is 10.1 Å². The Balaban J connectivity index is 1.78. The molecule has 2 aromatic carbocycles. The predicted octanol–water partition coefficient (Wildman–Crippen LogP) is 3.98. The first kappa shape index (κ1) is 19.9. The first-order chi connectivity index (χ1) is 13.5. The Hall–Kier alpha value is -2.83. The van der Waals surface area contributed by atoms with E-state index in [2.05, 4.69) is 10.2 Å². The van der Waals surface area contributed by atoms with Gasteiger partial charge in [0.25, 0.3) is 0 Å². The lowest BCUT2D eigenvalue weighted by molar-refractivity contribution is -0.114. The van der Waals surface area contributed by atoms with Gasteiger partial charge in [-0.05, 0) is 30.3 Å². The topological polar surface area (TPSA) is 54.5 Å². The van der Waals surface area contributed by atoms with Crippen LogP contribution in [-0.4, -0.2) is 36.1 Å². The monoisotopic (exact) mass is 381 g/mol. The SMILES string of the molecule is COCCN(Cc1ccc2cc(NC(C)=O)ccc2n1)Cc1ccccc1F. The van der Waals surface area contributed by atoms with E-state index in [0.29, 0.717) is 31.8 Å². The number of benzene rings is 2. The maximum Gasteiger partial charge on any atom is 0.221 e. The zero-order valence-electron chi connectivity index (χ0n) is 16.1. The van der Waals surface area contributed by atoms with Crippen molar-refractivity contribution in [3.05, 3.63) is 71.7 Å². The molecular formula is C22H24FN3O2. The van der Waals surface area contributed by atoms with E-state index in [4.69, 9.17) is 9.72 Å². The number of methoxy groups -OCH3 is 1. The predicted molar refractivity (Wildman–Crippen MR) is 108 cm³/mol. The summed E-state index contributed by atoms with van der Waals surface area (Å²) in [4.78, 5) is 18.0. The summed E-state index contributed by atoms with van der Waals surface area (Å²) in [6.07, 6.45) is 0. The highest BCUT2D eigenvalue weighted by molar-refractivity contribution is 5.92. The number of amides is 1. The van der Waals surface area contributed by atoms with Crippen LogP contribution >= 0.6 is 0 Å². The van der Waals surface area contributed by atoms with E-state index in [1.165, 1.54) is 13.0 Å². The average molecular weight is 381 g/mol. The van der Waals surface area contributed by atoms with E-state index in [1.807, 2.05) is 36.4 Å². The molecule has 0 aliphatic carbocycles. The number of fused-ring (bicyclic) bond motifs is 1. The molecule has 0 saturated heterocycles. The van der Waals surface area contributed by atoms with Gasteiger partial charge < -0.3 is 10.1 Å². The van der Waals surface area contributed by atoms with Gasteiger partial charge in [-0.1, -0.05) is 24.3 Å². The van der Waals surface area contributed by atoms with Gasteiger partial charge in [0.1, 0.15) is 5.82 Å². The lowest BCUT2D eigenvalue weighted by Gasteiger charge is -2.22. The third kappa shape index (κ3) is 5.34. The fourth-order valence-electron chi connectivity index (χ4n) is 3.07. The normalized spacial score (nSPS) is 11.1. The van der Waals surface area contributed by atoms with Crippen LogP contribution in [0.1, 0.15) is 18.2 Å². The van der Waals surface area contributed by atoms with Crippen molar-refractivity contribution < 1.29 is 13.9 Å². The van der Waals surface area contributed by atoms with Crippen molar-refractivity contribution in [2.24, 2.45) is 0 Å². The number of ether oxygens (including phenoxy) is 1. The van der Waals surface area contributed by atoms with E-state index in [9.17, 15) is 9.18 Å². The van der Waals surface area contributed by atoms with Gasteiger partial charge in [0.2, 0.25) is 5.91 Å². The molecule has 5 nitrogen and oxygen atoms in total. The second kappa shape index (κ2) is 9.39. The number of hydrogen-bond donors (Lipinski definition) is 1. The van der Waals surface area contributed by atoms with Crippen LogP contribution in [0.2, 0.25) is 0 Å². The summed E-state index contributed by atoms with van der Waals surface area (Å²) in [5, 5.41) is 3.73. The molecule has 146 valence electrons. The largest absolute Gasteiger partial charge is 0.383 e. The zero-order chi connectivity index (χ0) is 19.9. The van der Waals surface area contributed by atoms with Crippen LogP contribution in [0.3, 0.4) is 0 Å². The van der Waals surface area contributed by atoms with Crippen LogP contribution in [0, 0.1) is 5.82 Å². The number of anilines is 1. The standard InChI is InChI=1S/C22H24FN3O2/c1-16(27)24-19-9-10-22-17(13-19)7-8-20(25-22)15-26(11-12-28-2)14-18-5-3-4-6-21(18)23/h3-10,13H,11-12,14-15H2,1-2H3,(H,24,27). The zero-order valence-corrected chi connectivity index (χ0v) is 16.1. The summed E-state index contributed by atoms with van der Waals surface area (Å²) in [6, 6.07) is 16.4. The third-order valence-electron chi connectivity index (χ3n) is 4.42. The molecule has 0 bridgehead atoms. The molecule has 0 aliphatic heterocycles. The lowest BCUT2D eigenvalue weighted by atomic mass is 10.1. The summed E-state index contributed by atoms with van der Waals surface area (Å²) in [7, 11) is 1.65. The van der Waals surface area contributed by atoms with Gasteiger partial charge >= 0.3 is 0 Å². The van der Waals surface area contributed by atoms with Crippen LogP contribution in [-0.2, 0) is 22.6 Å². The minimum atomic E-state index is -0.207. The van der Waals surface area contributed by atoms with Gasteiger partial charge in [-0.2, -0.15) is 0 Å². The number of carbonyl (C=O) groups is 1. The molecule has 1 amide bonds. The Labute approximate surface area is 164 Å². The summed E-state index contributed by atoms with van der Waals surface area (Å²) >= 11 is 0. The van der Waals surface area contributed by atoms with Gasteiger partial charge in [0.05, 0.1) is 17.8 Å². The molecule has 0 atom stereocenters. The highest BCUT2D eigenvalue weighted by Crippen LogP contribution is 2.19. The number of nitrogens with zero attached hydrogens (tertiary/aromatic N) is 2. The highest BCUT2D eigenvalue weighted by atomic mass is 19.1. The Bertz CT molecular complexity index is 961. The fourth-order valence-corrected chi connectivity index (χ4v) is 3.07. The molecule has 28 heavy (non-hydrogen) atoms. The van der Waals surface area contributed by atoms with Crippen molar-refractivity contribution in [3.63, 3.8) is 0 Å². The quantitative estimate of drug-likeness (QED) is 0.641. The molecule has 3 rings (SSSR count). The Morgan fingerprint density at radius 3 is 2.71 bits per heavy atom. The minimum absolute atomic E-state index is 0.106. The van der Waals surface area contributed by atoms with Gasteiger partial charge in [-0.3, -0.25) is 14.7 Å². The summed E-state index contributed by atoms with van der Waals surface area (Å²) in [6.45, 7) is 3.78. The van der Waals surface area contributed by atoms with Gasteiger partial charge in [-0.15, -0.1) is 0 Å². The first-order valence-electron chi connectivity index (χ1n) is 9.17. The molecule has 1 N–H and O–H groups in total. The van der Waals surface area contributed by atoms with Crippen LogP contribution in [0.25, 0.3) is 10.9 Å². The fraction of sp³-hybridized carbons (Fsp3) is 0.273. The number of halogens is 1. The van der Waals surface area contributed by atoms with Crippen LogP contribution < -0.4 is 5.32 Å². The Morgan fingerprint density at radius 1 is 1.14 bits per heavy atom. The molecule has 0 spiro atoms. The maximum atomic E-state index is 14.0. The van der Waals surface area contributed by atoms with E-state index in [1.54, 1.807) is 19.2 Å². The number of carbonyl (C=O) groups excluding carboxylic acids is 1. The van der Waals surface area contributed by atoms with Gasteiger partial charge in [0, 0.05) is 50.3 Å². The Kier molecular flexibility index (Phi) is 6.68. The number of rotatable bonds is 8. The average Bonchev–Trinajstić information content (AvgIpc) is 2.67. The van der Waals surface area contributed by atoms with Crippen LogP contribution in [0.15, 0.2) is 54.6 Å². The van der Waals surface area contributed by atoms with Crippen molar-refractivity contribution in [2.45, 2.75) is 20.0 Å². The minimum Gasteiger partial charge on any atom is -0.383 e. The molecule has 1 aromatic heterocycles. The molecule has 6 heteroatoms. The van der Waals surface area contributed by atoms with Crippen molar-refractivity contribution >= 4 is 22.5 Å². The van der Waals surface area contributed by atoms with E-state index < -0.39 is 0 Å².